The van der Waals surface area contributed by atoms with Crippen LogP contribution in [0, 0.1) is 11.0 Å². The van der Waals surface area contributed by atoms with Crippen LogP contribution >= 0.6 is 11.6 Å². The molecule has 0 atom stereocenters. The van der Waals surface area contributed by atoms with Crippen molar-refractivity contribution in [1.29, 1.82) is 0 Å². The van der Waals surface area contributed by atoms with Crippen LogP contribution in [0.1, 0.15) is 22.3 Å². The van der Waals surface area contributed by atoms with E-state index >= 15 is 0 Å². The second-order valence-electron chi connectivity index (χ2n) is 4.25. The van der Waals surface area contributed by atoms with E-state index in [9.17, 15) is 23.2 Å². The van der Waals surface area contributed by atoms with Crippen molar-refractivity contribution >= 4 is 17.6 Å². The van der Waals surface area contributed by atoms with Crippen LogP contribution < -0.4 is 4.73 Å². The van der Waals surface area contributed by atoms with Gasteiger partial charge in [0.1, 0.15) is 5.56 Å². The molecule has 0 aliphatic carbocycles. The molecule has 1 aromatic heterocycles. The Morgan fingerprint density at radius 3 is 2.55 bits per heavy atom. The van der Waals surface area contributed by atoms with Crippen molar-refractivity contribution in [3.05, 3.63) is 57.6 Å². The highest BCUT2D eigenvalue weighted by Gasteiger charge is 2.26. The van der Waals surface area contributed by atoms with Gasteiger partial charge in [-0.1, -0.05) is 17.7 Å². The summed E-state index contributed by atoms with van der Waals surface area (Å²) in [6.07, 6.45) is -2.18. The number of nitrogens with zero attached hydrogens (tertiary/aromatic N) is 1. The van der Waals surface area contributed by atoms with Gasteiger partial charge >= 0.3 is 5.97 Å². The largest absolute Gasteiger partial charge is 0.618 e. The molecular weight excluding hydrogens is 323 g/mol. The van der Waals surface area contributed by atoms with E-state index in [1.54, 1.807) is 0 Å². The number of alkyl halides is 2. The zero-order valence-electron chi connectivity index (χ0n) is 11.1. The number of hydrogen-bond acceptors (Lipinski definition) is 3. The number of hydrogen-bond donors (Lipinski definition) is 0. The maximum absolute atomic E-state index is 14.1. The van der Waals surface area contributed by atoms with Crippen LogP contribution in [0.5, 0.6) is 0 Å². The van der Waals surface area contributed by atoms with E-state index in [2.05, 4.69) is 4.74 Å². The quantitative estimate of drug-likeness (QED) is 0.491. The molecule has 0 saturated heterocycles. The van der Waals surface area contributed by atoms with Crippen molar-refractivity contribution in [3.63, 3.8) is 0 Å². The molecular formula is C14H9ClF3NO3. The number of pyridine rings is 1. The van der Waals surface area contributed by atoms with Gasteiger partial charge in [-0.3, -0.25) is 0 Å². The first-order valence-electron chi connectivity index (χ1n) is 5.94. The van der Waals surface area contributed by atoms with Crippen LogP contribution in [-0.4, -0.2) is 13.1 Å². The molecule has 1 aromatic carbocycles. The summed E-state index contributed by atoms with van der Waals surface area (Å²) in [6, 6.07) is 4.16. The van der Waals surface area contributed by atoms with Crippen LogP contribution in [0.3, 0.4) is 0 Å². The first-order chi connectivity index (χ1) is 10.4. The minimum Gasteiger partial charge on any atom is -0.618 e. The minimum absolute atomic E-state index is 0.0951. The average molecular weight is 332 g/mol. The van der Waals surface area contributed by atoms with Gasteiger partial charge in [-0.15, -0.1) is 0 Å². The summed E-state index contributed by atoms with van der Waals surface area (Å²) in [4.78, 5) is 11.3. The smallest absolute Gasteiger partial charge is 0.344 e. The molecule has 1 heterocycles. The standard InChI is InChI=1S/C14H9ClF3NO3/c1-22-14(20)7-2-5-10(19(21)6-7)11-8(13(17)18)3-4-9(15)12(11)16/h2-6,13H,1H3. The third kappa shape index (κ3) is 2.85. The van der Waals surface area contributed by atoms with Gasteiger partial charge in [0.25, 0.3) is 6.43 Å². The van der Waals surface area contributed by atoms with Crippen molar-refractivity contribution in [2.45, 2.75) is 6.43 Å². The predicted octanol–water partition coefficient (Wildman–Crippen LogP) is 3.50. The summed E-state index contributed by atoms with van der Waals surface area (Å²) >= 11 is 5.59. The molecule has 0 N–H and O–H groups in total. The molecule has 0 saturated carbocycles. The highest BCUT2D eigenvalue weighted by molar-refractivity contribution is 6.31. The molecule has 0 fully saturated rings. The van der Waals surface area contributed by atoms with Crippen LogP contribution in [0.2, 0.25) is 5.02 Å². The number of ether oxygens (including phenoxy) is 1. The molecule has 0 amide bonds. The zero-order chi connectivity index (χ0) is 16.4. The molecule has 4 nitrogen and oxygen atoms in total. The van der Waals surface area contributed by atoms with Gasteiger partial charge < -0.3 is 9.94 Å². The highest BCUT2D eigenvalue weighted by Crippen LogP contribution is 2.35. The minimum atomic E-state index is -3.00. The number of esters is 1. The number of methoxy groups -OCH3 is 1. The van der Waals surface area contributed by atoms with Crippen LogP contribution in [-0.2, 0) is 4.74 Å². The Kier molecular flexibility index (Phi) is 4.56. The van der Waals surface area contributed by atoms with E-state index in [1.807, 2.05) is 0 Å². The van der Waals surface area contributed by atoms with Gasteiger partial charge in [0.05, 0.1) is 17.7 Å². The lowest BCUT2D eigenvalue weighted by Crippen LogP contribution is -2.31. The Balaban J connectivity index is 2.66. The fourth-order valence-corrected chi connectivity index (χ4v) is 2.08. The Bertz CT molecular complexity index is 738. The normalized spacial score (nSPS) is 10.8. The maximum atomic E-state index is 14.1. The third-order valence-electron chi connectivity index (χ3n) is 2.95. The number of rotatable bonds is 3. The fourth-order valence-electron chi connectivity index (χ4n) is 1.92. The molecule has 2 rings (SSSR count). The van der Waals surface area contributed by atoms with Crippen molar-refractivity contribution in [2.24, 2.45) is 0 Å². The van der Waals surface area contributed by atoms with Crippen LogP contribution in [0.15, 0.2) is 30.5 Å². The third-order valence-corrected chi connectivity index (χ3v) is 3.25. The molecule has 0 radical (unpaired) electrons. The molecule has 22 heavy (non-hydrogen) atoms. The molecule has 0 spiro atoms. The van der Waals surface area contributed by atoms with E-state index < -0.39 is 34.4 Å². The second kappa shape index (κ2) is 6.23. The lowest BCUT2D eigenvalue weighted by molar-refractivity contribution is -0.593. The van der Waals surface area contributed by atoms with Crippen molar-refractivity contribution in [1.82, 2.24) is 0 Å². The average Bonchev–Trinajstić information content (AvgIpc) is 2.49. The molecule has 2 aromatic rings. The summed E-state index contributed by atoms with van der Waals surface area (Å²) < 4.78 is 44.7. The number of aromatic nitrogens is 1. The molecule has 0 unspecified atom stereocenters. The van der Waals surface area contributed by atoms with Crippen LogP contribution in [0.4, 0.5) is 13.2 Å². The SMILES string of the molecule is COC(=O)c1ccc(-c2c(C(F)F)ccc(Cl)c2F)[n+]([O-])c1. The van der Waals surface area contributed by atoms with Gasteiger partial charge in [0, 0.05) is 11.6 Å². The van der Waals surface area contributed by atoms with Gasteiger partial charge in [0.15, 0.2) is 12.0 Å². The molecule has 0 aliphatic rings. The van der Waals surface area contributed by atoms with E-state index in [0.717, 1.165) is 31.5 Å². The maximum Gasteiger partial charge on any atom is 0.344 e. The van der Waals surface area contributed by atoms with E-state index in [4.69, 9.17) is 11.6 Å². The molecule has 0 bridgehead atoms. The number of carbonyl (C=O) groups is 1. The van der Waals surface area contributed by atoms with Gasteiger partial charge in [-0.2, -0.15) is 4.73 Å². The van der Waals surface area contributed by atoms with Crippen molar-refractivity contribution < 1.29 is 27.4 Å². The number of benzene rings is 1. The lowest BCUT2D eigenvalue weighted by atomic mass is 10.0. The van der Waals surface area contributed by atoms with E-state index in [1.165, 1.54) is 6.07 Å². The first-order valence-corrected chi connectivity index (χ1v) is 6.32. The number of carbonyl (C=O) groups excluding carboxylic acids is 1. The molecule has 8 heteroatoms. The topological polar surface area (TPSA) is 53.2 Å². The lowest BCUT2D eigenvalue weighted by Gasteiger charge is -2.12. The van der Waals surface area contributed by atoms with E-state index in [0.29, 0.717) is 0 Å². The Labute approximate surface area is 128 Å². The second-order valence-corrected chi connectivity index (χ2v) is 4.65. The Morgan fingerprint density at radius 2 is 2.00 bits per heavy atom. The Morgan fingerprint density at radius 1 is 1.32 bits per heavy atom. The predicted molar refractivity (Wildman–Crippen MR) is 72.1 cm³/mol. The van der Waals surface area contributed by atoms with E-state index in [-0.39, 0.29) is 16.0 Å². The molecule has 0 aliphatic heterocycles. The van der Waals surface area contributed by atoms with Crippen molar-refractivity contribution in [2.75, 3.05) is 7.11 Å². The van der Waals surface area contributed by atoms with Gasteiger partial charge in [-0.05, 0) is 12.1 Å². The summed E-state index contributed by atoms with van der Waals surface area (Å²) in [7, 11) is 1.12. The summed E-state index contributed by atoms with van der Waals surface area (Å²) in [5.74, 6) is -1.91. The first kappa shape index (κ1) is 16.1. The monoisotopic (exact) mass is 331 g/mol. The molecule has 116 valence electrons. The highest BCUT2D eigenvalue weighted by atomic mass is 35.5. The van der Waals surface area contributed by atoms with Crippen LogP contribution in [0.25, 0.3) is 11.3 Å². The van der Waals surface area contributed by atoms with Gasteiger partial charge in [0.2, 0.25) is 5.69 Å². The summed E-state index contributed by atoms with van der Waals surface area (Å²) in [6.45, 7) is 0. The van der Waals surface area contributed by atoms with Crippen molar-refractivity contribution in [3.8, 4) is 11.3 Å². The fraction of sp³-hybridized carbons (Fsp3) is 0.143. The zero-order valence-corrected chi connectivity index (χ0v) is 11.9. The summed E-state index contributed by atoms with van der Waals surface area (Å²) in [5, 5.41) is 11.6. The number of halogens is 4. The summed E-state index contributed by atoms with van der Waals surface area (Å²) in [5.41, 5.74) is -1.75. The van der Waals surface area contributed by atoms with Gasteiger partial charge in [-0.25, -0.2) is 18.0 Å². The Hall–Kier alpha value is -2.28.